The van der Waals surface area contributed by atoms with Gasteiger partial charge in [-0.1, -0.05) is 48.5 Å². The number of rotatable bonds is 8. The van der Waals surface area contributed by atoms with Crippen LogP contribution in [0.1, 0.15) is 40.9 Å². The van der Waals surface area contributed by atoms with E-state index in [1.165, 1.54) is 5.39 Å². The van der Waals surface area contributed by atoms with Crippen molar-refractivity contribution in [2.24, 2.45) is 0 Å². The lowest BCUT2D eigenvalue weighted by molar-refractivity contribution is -0.134. The number of hydrogen-bond acceptors (Lipinski definition) is 5. The maximum atomic E-state index is 14.0. The number of aryl methyl sites for hydroxylation is 1. The van der Waals surface area contributed by atoms with E-state index in [9.17, 15) is 14.7 Å². The first-order valence-corrected chi connectivity index (χ1v) is 13.6. The van der Waals surface area contributed by atoms with Gasteiger partial charge in [-0.05, 0) is 68.1 Å². The highest BCUT2D eigenvalue weighted by molar-refractivity contribution is 5.93. The molecule has 1 spiro atoms. The number of carboxylic acids is 1. The quantitative estimate of drug-likeness (QED) is 0.352. The number of fused-ring (bicyclic) bond motifs is 1. The van der Waals surface area contributed by atoms with Crippen molar-refractivity contribution < 1.29 is 14.7 Å². The average Bonchev–Trinajstić information content (AvgIpc) is 3.49. The molecule has 8 nitrogen and oxygen atoms in total. The number of amides is 1. The molecule has 0 atom stereocenters. The Morgan fingerprint density at radius 2 is 1.74 bits per heavy atom. The van der Waals surface area contributed by atoms with Gasteiger partial charge in [-0.3, -0.25) is 9.89 Å². The van der Waals surface area contributed by atoms with Crippen molar-refractivity contribution in [2.45, 2.75) is 37.8 Å². The molecule has 0 unspecified atom stereocenters. The summed E-state index contributed by atoms with van der Waals surface area (Å²) < 4.78 is 0. The number of carboxylic acid groups (broad SMARTS) is 1. The SMILES string of the molecule is O=C(O)c1cccc(CN2CN(c3ccccc3)C3(CCN(CCCc4n[nH]c5ccccc45)CC3)C2=O)c1. The zero-order valence-corrected chi connectivity index (χ0v) is 21.9. The fourth-order valence-electron chi connectivity index (χ4n) is 6.17. The Labute approximate surface area is 227 Å². The number of likely N-dealkylation sites (tertiary alicyclic amines) is 1. The monoisotopic (exact) mass is 523 g/mol. The first kappa shape index (κ1) is 25.1. The van der Waals surface area contributed by atoms with Gasteiger partial charge in [0.2, 0.25) is 5.91 Å². The summed E-state index contributed by atoms with van der Waals surface area (Å²) in [7, 11) is 0. The zero-order valence-electron chi connectivity index (χ0n) is 21.9. The number of nitrogens with zero attached hydrogens (tertiary/aromatic N) is 4. The van der Waals surface area contributed by atoms with Crippen molar-refractivity contribution in [3.05, 3.63) is 95.7 Å². The first-order chi connectivity index (χ1) is 19.0. The largest absolute Gasteiger partial charge is 0.478 e. The summed E-state index contributed by atoms with van der Waals surface area (Å²) in [4.78, 5) is 32.1. The van der Waals surface area contributed by atoms with Crippen LogP contribution in [0.4, 0.5) is 5.69 Å². The Morgan fingerprint density at radius 1 is 0.974 bits per heavy atom. The van der Waals surface area contributed by atoms with E-state index in [4.69, 9.17) is 0 Å². The lowest BCUT2D eigenvalue weighted by Crippen LogP contribution is -2.56. The van der Waals surface area contributed by atoms with E-state index in [2.05, 4.69) is 50.3 Å². The third-order valence-electron chi connectivity index (χ3n) is 8.25. The summed E-state index contributed by atoms with van der Waals surface area (Å²) in [6.07, 6.45) is 3.46. The van der Waals surface area contributed by atoms with E-state index in [0.29, 0.717) is 13.2 Å². The molecule has 0 bridgehead atoms. The van der Waals surface area contributed by atoms with Gasteiger partial charge >= 0.3 is 5.97 Å². The van der Waals surface area contributed by atoms with E-state index < -0.39 is 11.5 Å². The van der Waals surface area contributed by atoms with Crippen LogP contribution in [0.15, 0.2) is 78.9 Å². The molecule has 4 aromatic rings. The molecule has 6 rings (SSSR count). The van der Waals surface area contributed by atoms with Gasteiger partial charge in [0.25, 0.3) is 0 Å². The van der Waals surface area contributed by atoms with Crippen LogP contribution in [0.2, 0.25) is 0 Å². The minimum Gasteiger partial charge on any atom is -0.478 e. The predicted octanol–water partition coefficient (Wildman–Crippen LogP) is 4.53. The van der Waals surface area contributed by atoms with Crippen LogP contribution in [-0.2, 0) is 17.8 Å². The molecule has 2 aliphatic rings. The second kappa shape index (κ2) is 10.5. The van der Waals surface area contributed by atoms with Crippen molar-refractivity contribution in [1.82, 2.24) is 20.0 Å². The Bertz CT molecular complexity index is 1480. The fourth-order valence-corrected chi connectivity index (χ4v) is 6.17. The van der Waals surface area contributed by atoms with Crippen molar-refractivity contribution in [2.75, 3.05) is 31.2 Å². The number of nitrogens with one attached hydrogen (secondary N) is 1. The van der Waals surface area contributed by atoms with Crippen LogP contribution >= 0.6 is 0 Å². The summed E-state index contributed by atoms with van der Waals surface area (Å²) in [5, 5.41) is 18.2. The third-order valence-corrected chi connectivity index (χ3v) is 8.25. The lowest BCUT2D eigenvalue weighted by Gasteiger charge is -2.43. The molecular formula is C31H33N5O3. The van der Waals surface area contributed by atoms with Crippen LogP contribution in [0.25, 0.3) is 10.9 Å². The summed E-state index contributed by atoms with van der Waals surface area (Å²) in [6, 6.07) is 25.3. The number of para-hydroxylation sites is 2. The van der Waals surface area contributed by atoms with Gasteiger partial charge in [-0.25, -0.2) is 4.79 Å². The van der Waals surface area contributed by atoms with Crippen molar-refractivity contribution in [3.63, 3.8) is 0 Å². The summed E-state index contributed by atoms with van der Waals surface area (Å²) in [5.74, 6) is -0.824. The average molecular weight is 524 g/mol. The van der Waals surface area contributed by atoms with Gasteiger partial charge in [0.1, 0.15) is 5.54 Å². The first-order valence-electron chi connectivity index (χ1n) is 13.6. The molecule has 0 saturated carbocycles. The summed E-state index contributed by atoms with van der Waals surface area (Å²) in [5.41, 5.74) is 3.73. The van der Waals surface area contributed by atoms with Crippen LogP contribution in [0.5, 0.6) is 0 Å². The van der Waals surface area contributed by atoms with Gasteiger partial charge in [0, 0.05) is 30.7 Å². The van der Waals surface area contributed by atoms with E-state index in [1.807, 2.05) is 35.2 Å². The van der Waals surface area contributed by atoms with Crippen LogP contribution in [-0.4, -0.2) is 68.8 Å². The highest BCUT2D eigenvalue weighted by Crippen LogP contribution is 2.40. The molecule has 200 valence electrons. The molecule has 8 heteroatoms. The Kier molecular flexibility index (Phi) is 6.79. The van der Waals surface area contributed by atoms with Gasteiger partial charge in [0.15, 0.2) is 0 Å². The normalized spacial score (nSPS) is 17.4. The van der Waals surface area contributed by atoms with Gasteiger partial charge in [-0.2, -0.15) is 5.10 Å². The molecule has 3 heterocycles. The fraction of sp³-hybridized carbons (Fsp3) is 0.323. The number of anilines is 1. The van der Waals surface area contributed by atoms with Crippen molar-refractivity contribution in [1.29, 1.82) is 0 Å². The minimum atomic E-state index is -0.958. The maximum absolute atomic E-state index is 14.0. The number of carbonyl (C=O) groups excluding carboxylic acids is 1. The number of aromatic amines is 1. The zero-order chi connectivity index (χ0) is 26.8. The topological polar surface area (TPSA) is 92.8 Å². The maximum Gasteiger partial charge on any atom is 0.335 e. The number of benzene rings is 3. The molecule has 2 N–H and O–H groups in total. The van der Waals surface area contributed by atoms with Crippen molar-refractivity contribution >= 4 is 28.5 Å². The van der Waals surface area contributed by atoms with Gasteiger partial charge in [-0.15, -0.1) is 0 Å². The molecule has 2 fully saturated rings. The number of carbonyl (C=O) groups is 2. The molecule has 0 radical (unpaired) electrons. The van der Waals surface area contributed by atoms with Gasteiger partial charge in [0.05, 0.1) is 23.4 Å². The number of aromatic nitrogens is 2. The number of aromatic carboxylic acids is 1. The molecular weight excluding hydrogens is 490 g/mol. The van der Waals surface area contributed by atoms with Crippen LogP contribution in [0, 0.1) is 0 Å². The summed E-state index contributed by atoms with van der Waals surface area (Å²) in [6.45, 7) is 3.58. The van der Waals surface area contributed by atoms with E-state index in [1.54, 1.807) is 18.2 Å². The second-order valence-electron chi connectivity index (χ2n) is 10.6. The van der Waals surface area contributed by atoms with E-state index in [0.717, 1.165) is 67.8 Å². The molecule has 39 heavy (non-hydrogen) atoms. The molecule has 1 amide bonds. The molecule has 3 aromatic carbocycles. The Morgan fingerprint density at radius 3 is 2.54 bits per heavy atom. The van der Waals surface area contributed by atoms with Crippen LogP contribution < -0.4 is 4.90 Å². The lowest BCUT2D eigenvalue weighted by atomic mass is 9.85. The van der Waals surface area contributed by atoms with E-state index >= 15 is 0 Å². The third kappa shape index (κ3) is 4.88. The van der Waals surface area contributed by atoms with Gasteiger partial charge < -0.3 is 19.8 Å². The number of hydrogen-bond donors (Lipinski definition) is 2. The molecule has 1 aromatic heterocycles. The smallest absolute Gasteiger partial charge is 0.335 e. The van der Waals surface area contributed by atoms with Crippen molar-refractivity contribution in [3.8, 4) is 0 Å². The number of piperidine rings is 1. The molecule has 2 aliphatic heterocycles. The predicted molar refractivity (Wildman–Crippen MR) is 151 cm³/mol. The standard InChI is InChI=1S/C31H33N5O3/c37-29(38)24-9-6-8-23(20-24)21-35-22-36(25-10-2-1-3-11-25)31(30(35)39)15-18-34(19-16-31)17-7-14-28-26-12-4-5-13-27(26)32-33-28/h1-6,8-13,20H,7,14-19,21-22H2,(H,32,33)(H,37,38). The van der Waals surface area contributed by atoms with E-state index in [-0.39, 0.29) is 11.5 Å². The number of H-pyrrole nitrogens is 1. The highest BCUT2D eigenvalue weighted by atomic mass is 16.4. The Balaban J connectivity index is 1.14. The summed E-state index contributed by atoms with van der Waals surface area (Å²) >= 11 is 0. The molecule has 2 saturated heterocycles. The van der Waals surface area contributed by atoms with Crippen LogP contribution in [0.3, 0.4) is 0 Å². The Hall–Kier alpha value is -4.17. The minimum absolute atomic E-state index is 0.134. The molecule has 0 aliphatic carbocycles. The second-order valence-corrected chi connectivity index (χ2v) is 10.6. The highest BCUT2D eigenvalue weighted by Gasteiger charge is 2.53.